The van der Waals surface area contributed by atoms with Gasteiger partial charge in [-0.1, -0.05) is 29.8 Å². The number of aromatic amines is 1. The van der Waals surface area contributed by atoms with Crippen LogP contribution in [-0.4, -0.2) is 32.8 Å². The number of nitrogens with zero attached hydrogens (tertiary/aromatic N) is 3. The summed E-state index contributed by atoms with van der Waals surface area (Å²) in [5, 5.41) is 8.36. The number of aryl methyl sites for hydroxylation is 1. The van der Waals surface area contributed by atoms with Crippen LogP contribution in [0.3, 0.4) is 0 Å². The molecule has 0 amide bonds. The predicted molar refractivity (Wildman–Crippen MR) is 90.4 cm³/mol. The molecule has 0 unspecified atom stereocenters. The number of rotatable bonds is 3. The van der Waals surface area contributed by atoms with Crippen molar-refractivity contribution in [3.8, 4) is 0 Å². The van der Waals surface area contributed by atoms with Crippen molar-refractivity contribution in [2.45, 2.75) is 32.1 Å². The Labute approximate surface area is 139 Å². The summed E-state index contributed by atoms with van der Waals surface area (Å²) in [6.07, 6.45) is 4.47. The first-order chi connectivity index (χ1) is 11.7. The van der Waals surface area contributed by atoms with E-state index in [1.54, 1.807) is 0 Å². The molecule has 4 rings (SSSR count). The minimum Gasteiger partial charge on any atom is -0.381 e. The van der Waals surface area contributed by atoms with Gasteiger partial charge in [0.05, 0.1) is 0 Å². The van der Waals surface area contributed by atoms with Crippen LogP contribution in [-0.2, 0) is 11.2 Å². The molecule has 1 aliphatic rings. The molecule has 24 heavy (non-hydrogen) atoms. The molecule has 0 aliphatic carbocycles. The number of hydrogen-bond acceptors (Lipinski definition) is 4. The Hall–Kier alpha value is -2.47. The van der Waals surface area contributed by atoms with Crippen LogP contribution in [0.2, 0.25) is 0 Å². The number of aromatic nitrogens is 4. The molecule has 2 aromatic heterocycles. The lowest BCUT2D eigenvalue weighted by Gasteiger charge is -2.20. The molecule has 124 valence electrons. The quantitative estimate of drug-likeness (QED) is 0.802. The van der Waals surface area contributed by atoms with E-state index in [4.69, 9.17) is 4.74 Å². The molecular weight excluding hydrogens is 304 g/mol. The second kappa shape index (κ2) is 6.20. The summed E-state index contributed by atoms with van der Waals surface area (Å²) in [4.78, 5) is 15.3. The summed E-state index contributed by atoms with van der Waals surface area (Å²) in [7, 11) is 0. The predicted octanol–water partition coefficient (Wildman–Crippen LogP) is 2.21. The van der Waals surface area contributed by atoms with Gasteiger partial charge < -0.3 is 9.72 Å². The molecule has 6 nitrogen and oxygen atoms in total. The third-order valence-electron chi connectivity index (χ3n) is 4.59. The van der Waals surface area contributed by atoms with Crippen LogP contribution in [0.5, 0.6) is 0 Å². The van der Waals surface area contributed by atoms with Gasteiger partial charge in [0, 0.05) is 37.4 Å². The van der Waals surface area contributed by atoms with E-state index < -0.39 is 0 Å². The van der Waals surface area contributed by atoms with Gasteiger partial charge in [0.2, 0.25) is 5.65 Å². The molecule has 1 aromatic carbocycles. The van der Waals surface area contributed by atoms with Crippen molar-refractivity contribution in [1.29, 1.82) is 0 Å². The third kappa shape index (κ3) is 2.85. The zero-order valence-corrected chi connectivity index (χ0v) is 13.7. The van der Waals surface area contributed by atoms with Crippen molar-refractivity contribution in [1.82, 2.24) is 19.6 Å². The van der Waals surface area contributed by atoms with E-state index in [9.17, 15) is 4.79 Å². The Balaban J connectivity index is 1.71. The largest absolute Gasteiger partial charge is 0.381 e. The van der Waals surface area contributed by atoms with Crippen LogP contribution in [0.4, 0.5) is 0 Å². The Morgan fingerprint density at radius 3 is 2.71 bits per heavy atom. The highest BCUT2D eigenvalue weighted by molar-refractivity contribution is 5.37. The normalized spacial score (nSPS) is 15.9. The molecule has 1 aliphatic heterocycles. The fourth-order valence-corrected chi connectivity index (χ4v) is 3.23. The maximum Gasteiger partial charge on any atom is 0.293 e. The molecule has 0 atom stereocenters. The van der Waals surface area contributed by atoms with Crippen LogP contribution in [0.15, 0.2) is 35.3 Å². The van der Waals surface area contributed by atoms with Gasteiger partial charge in [0.1, 0.15) is 5.82 Å². The van der Waals surface area contributed by atoms with E-state index in [0.29, 0.717) is 18.0 Å². The Kier molecular flexibility index (Phi) is 3.90. The van der Waals surface area contributed by atoms with Gasteiger partial charge in [-0.25, -0.2) is 0 Å². The SMILES string of the molecule is Cc1ccc(Cc2cn3c(C4CCOCC4)nnc3c(=O)[nH]2)cc1. The monoisotopic (exact) mass is 324 g/mol. The average molecular weight is 324 g/mol. The van der Waals surface area contributed by atoms with E-state index in [0.717, 1.165) is 43.1 Å². The molecule has 3 aromatic rings. The summed E-state index contributed by atoms with van der Waals surface area (Å²) in [5.41, 5.74) is 3.43. The van der Waals surface area contributed by atoms with Crippen LogP contribution < -0.4 is 5.56 Å². The summed E-state index contributed by atoms with van der Waals surface area (Å²) in [5.74, 6) is 1.16. The van der Waals surface area contributed by atoms with Gasteiger partial charge in [-0.3, -0.25) is 9.20 Å². The Bertz CT molecular complexity index is 905. The molecule has 1 saturated heterocycles. The number of fused-ring (bicyclic) bond motifs is 1. The fourth-order valence-electron chi connectivity index (χ4n) is 3.23. The Morgan fingerprint density at radius 1 is 1.21 bits per heavy atom. The summed E-state index contributed by atoms with van der Waals surface area (Å²) >= 11 is 0. The van der Waals surface area contributed by atoms with Gasteiger partial charge in [0.15, 0.2) is 0 Å². The minimum absolute atomic E-state index is 0.189. The van der Waals surface area contributed by atoms with Crippen molar-refractivity contribution >= 4 is 5.65 Å². The first-order valence-electron chi connectivity index (χ1n) is 8.31. The lowest BCUT2D eigenvalue weighted by atomic mass is 9.99. The van der Waals surface area contributed by atoms with Crippen molar-refractivity contribution in [3.05, 3.63) is 63.5 Å². The Morgan fingerprint density at radius 2 is 1.96 bits per heavy atom. The van der Waals surface area contributed by atoms with Crippen LogP contribution in [0, 0.1) is 6.92 Å². The summed E-state index contributed by atoms with van der Waals surface area (Å²) < 4.78 is 7.28. The van der Waals surface area contributed by atoms with E-state index in [1.165, 1.54) is 5.56 Å². The fraction of sp³-hybridized carbons (Fsp3) is 0.389. The summed E-state index contributed by atoms with van der Waals surface area (Å²) in [6.45, 7) is 3.53. The first-order valence-corrected chi connectivity index (χ1v) is 8.31. The zero-order chi connectivity index (χ0) is 16.5. The van der Waals surface area contributed by atoms with Gasteiger partial charge in [-0.15, -0.1) is 10.2 Å². The second-order valence-electron chi connectivity index (χ2n) is 6.41. The van der Waals surface area contributed by atoms with E-state index in [1.807, 2.05) is 10.6 Å². The standard InChI is InChI=1S/C18H20N4O2/c1-12-2-4-13(5-3-12)10-15-11-22-16(14-6-8-24-9-7-14)20-21-17(22)18(23)19-15/h2-5,11,14H,6-10H2,1H3,(H,19,23). The number of hydrogen-bond donors (Lipinski definition) is 1. The molecule has 0 spiro atoms. The molecule has 6 heteroatoms. The number of H-pyrrole nitrogens is 1. The average Bonchev–Trinajstić information content (AvgIpc) is 3.02. The zero-order valence-electron chi connectivity index (χ0n) is 13.7. The van der Waals surface area contributed by atoms with Crippen LogP contribution >= 0.6 is 0 Å². The molecule has 0 bridgehead atoms. The molecule has 1 N–H and O–H groups in total. The lowest BCUT2D eigenvalue weighted by Crippen LogP contribution is -2.18. The highest BCUT2D eigenvalue weighted by Gasteiger charge is 2.22. The molecule has 0 saturated carbocycles. The second-order valence-corrected chi connectivity index (χ2v) is 6.41. The minimum atomic E-state index is -0.189. The van der Waals surface area contributed by atoms with Crippen molar-refractivity contribution in [2.75, 3.05) is 13.2 Å². The maximum atomic E-state index is 12.3. The maximum absolute atomic E-state index is 12.3. The topological polar surface area (TPSA) is 72.3 Å². The highest BCUT2D eigenvalue weighted by Crippen LogP contribution is 2.25. The van der Waals surface area contributed by atoms with E-state index in [-0.39, 0.29) is 5.56 Å². The van der Waals surface area contributed by atoms with Crippen molar-refractivity contribution < 1.29 is 4.74 Å². The van der Waals surface area contributed by atoms with Crippen molar-refractivity contribution in [3.63, 3.8) is 0 Å². The van der Waals surface area contributed by atoms with E-state index >= 15 is 0 Å². The number of benzene rings is 1. The van der Waals surface area contributed by atoms with Crippen LogP contribution in [0.25, 0.3) is 5.65 Å². The van der Waals surface area contributed by atoms with E-state index in [2.05, 4.69) is 46.4 Å². The van der Waals surface area contributed by atoms with Gasteiger partial charge in [0.25, 0.3) is 5.56 Å². The first kappa shape index (κ1) is 15.1. The smallest absolute Gasteiger partial charge is 0.293 e. The molecule has 1 fully saturated rings. The lowest BCUT2D eigenvalue weighted by molar-refractivity contribution is 0.0834. The van der Waals surface area contributed by atoms with Gasteiger partial charge in [-0.05, 0) is 25.3 Å². The number of nitrogens with one attached hydrogen (secondary N) is 1. The van der Waals surface area contributed by atoms with Crippen molar-refractivity contribution in [2.24, 2.45) is 0 Å². The third-order valence-corrected chi connectivity index (χ3v) is 4.59. The molecular formula is C18H20N4O2. The molecule has 0 radical (unpaired) electrons. The summed E-state index contributed by atoms with van der Waals surface area (Å²) in [6, 6.07) is 8.34. The highest BCUT2D eigenvalue weighted by atomic mass is 16.5. The van der Waals surface area contributed by atoms with Gasteiger partial charge in [-0.2, -0.15) is 0 Å². The van der Waals surface area contributed by atoms with Gasteiger partial charge >= 0.3 is 0 Å². The molecule has 3 heterocycles. The van der Waals surface area contributed by atoms with Crippen LogP contribution in [0.1, 0.15) is 41.4 Å². The number of ether oxygens (including phenoxy) is 1.